The van der Waals surface area contributed by atoms with Crippen LogP contribution in [0, 0.1) is 11.8 Å². The summed E-state index contributed by atoms with van der Waals surface area (Å²) < 4.78 is 5.62. The first-order valence-electron chi connectivity index (χ1n) is 8.25. The molecule has 0 bridgehead atoms. The molecule has 3 heterocycles. The molecule has 0 N–H and O–H groups in total. The van der Waals surface area contributed by atoms with E-state index in [1.165, 1.54) is 12.8 Å². The standard InChI is InChI=1S/C20H19NO2/c22-19-14-17-16(10-9-15-6-2-1-3-7-15)11-13-21-12-5-4-8-18(21)20(17)23-19/h1-3,6-7,11,14,18,20H,4-5,8,12-13H2/t18-,20?/m1/s1. The fraction of sp³-hybridized carbons (Fsp3) is 0.350. The average molecular weight is 305 g/mol. The van der Waals surface area contributed by atoms with Crippen molar-refractivity contribution < 1.29 is 9.53 Å². The summed E-state index contributed by atoms with van der Waals surface area (Å²) in [6.45, 7) is 1.96. The van der Waals surface area contributed by atoms with E-state index in [9.17, 15) is 4.79 Å². The average Bonchev–Trinajstić information content (AvgIpc) is 2.91. The minimum absolute atomic E-state index is 0.151. The Morgan fingerprint density at radius 1 is 1.13 bits per heavy atom. The summed E-state index contributed by atoms with van der Waals surface area (Å²) >= 11 is 0. The lowest BCUT2D eigenvalue weighted by Gasteiger charge is -2.36. The highest BCUT2D eigenvalue weighted by Gasteiger charge is 2.40. The number of carbonyl (C=O) groups excluding carboxylic acids is 1. The van der Waals surface area contributed by atoms with Crippen molar-refractivity contribution in [3.05, 3.63) is 59.2 Å². The van der Waals surface area contributed by atoms with Gasteiger partial charge in [-0.05, 0) is 31.5 Å². The van der Waals surface area contributed by atoms with E-state index in [1.807, 2.05) is 30.3 Å². The SMILES string of the molecule is O=C1C=C2C(C#Cc3ccccc3)=CCN3CCCC[C@@H]3C2O1. The third kappa shape index (κ3) is 2.83. The number of esters is 1. The predicted octanol–water partition coefficient (Wildman–Crippen LogP) is 2.68. The van der Waals surface area contributed by atoms with E-state index < -0.39 is 0 Å². The predicted molar refractivity (Wildman–Crippen MR) is 88.6 cm³/mol. The van der Waals surface area contributed by atoms with Crippen molar-refractivity contribution in [1.82, 2.24) is 4.90 Å². The second kappa shape index (κ2) is 6.06. The van der Waals surface area contributed by atoms with Crippen LogP contribution < -0.4 is 0 Å². The lowest BCUT2D eigenvalue weighted by Crippen LogP contribution is -2.46. The molecular weight excluding hydrogens is 286 g/mol. The fourth-order valence-corrected chi connectivity index (χ4v) is 3.65. The van der Waals surface area contributed by atoms with E-state index in [2.05, 4.69) is 22.8 Å². The summed E-state index contributed by atoms with van der Waals surface area (Å²) in [4.78, 5) is 14.3. The summed E-state index contributed by atoms with van der Waals surface area (Å²) in [5.41, 5.74) is 2.89. The number of nitrogens with zero attached hydrogens (tertiary/aromatic N) is 1. The number of fused-ring (bicyclic) bond motifs is 3. The van der Waals surface area contributed by atoms with Gasteiger partial charge < -0.3 is 4.74 Å². The number of ether oxygens (including phenoxy) is 1. The molecule has 3 aliphatic rings. The van der Waals surface area contributed by atoms with Gasteiger partial charge in [-0.15, -0.1) is 0 Å². The molecule has 1 fully saturated rings. The van der Waals surface area contributed by atoms with Crippen LogP contribution in [0.4, 0.5) is 0 Å². The van der Waals surface area contributed by atoms with Crippen molar-refractivity contribution in [1.29, 1.82) is 0 Å². The second-order valence-corrected chi connectivity index (χ2v) is 6.25. The molecule has 0 aliphatic carbocycles. The third-order valence-corrected chi connectivity index (χ3v) is 4.79. The molecule has 23 heavy (non-hydrogen) atoms. The normalized spacial score (nSPS) is 26.7. The molecule has 1 aromatic carbocycles. The monoisotopic (exact) mass is 305 g/mol. The van der Waals surface area contributed by atoms with Gasteiger partial charge in [0.2, 0.25) is 0 Å². The maximum atomic E-state index is 11.8. The molecule has 1 unspecified atom stereocenters. The zero-order chi connectivity index (χ0) is 15.6. The third-order valence-electron chi connectivity index (χ3n) is 4.79. The fourth-order valence-electron chi connectivity index (χ4n) is 3.65. The minimum Gasteiger partial charge on any atom is -0.453 e. The van der Waals surface area contributed by atoms with Gasteiger partial charge in [-0.25, -0.2) is 4.79 Å². The van der Waals surface area contributed by atoms with Gasteiger partial charge in [0.1, 0.15) is 6.10 Å². The lowest BCUT2D eigenvalue weighted by atomic mass is 9.92. The lowest BCUT2D eigenvalue weighted by molar-refractivity contribution is -0.141. The number of rotatable bonds is 0. The Bertz CT molecular complexity index is 736. The molecule has 3 heteroatoms. The molecule has 0 aromatic heterocycles. The Balaban J connectivity index is 1.68. The smallest absolute Gasteiger partial charge is 0.331 e. The van der Waals surface area contributed by atoms with Crippen molar-refractivity contribution in [3.8, 4) is 11.8 Å². The van der Waals surface area contributed by atoms with Gasteiger partial charge >= 0.3 is 5.97 Å². The van der Waals surface area contributed by atoms with Crippen molar-refractivity contribution in [2.45, 2.75) is 31.4 Å². The van der Waals surface area contributed by atoms with Crippen molar-refractivity contribution in [3.63, 3.8) is 0 Å². The molecular formula is C20H19NO2. The largest absolute Gasteiger partial charge is 0.453 e. The van der Waals surface area contributed by atoms with Crippen LogP contribution in [0.3, 0.4) is 0 Å². The first kappa shape index (κ1) is 14.3. The Morgan fingerprint density at radius 3 is 2.87 bits per heavy atom. The van der Waals surface area contributed by atoms with E-state index >= 15 is 0 Å². The van der Waals surface area contributed by atoms with Gasteiger partial charge in [-0.1, -0.05) is 42.5 Å². The summed E-state index contributed by atoms with van der Waals surface area (Å²) in [5, 5.41) is 0. The van der Waals surface area contributed by atoms with Crippen molar-refractivity contribution in [2.24, 2.45) is 0 Å². The first-order chi connectivity index (χ1) is 11.3. The van der Waals surface area contributed by atoms with Crippen LogP contribution in [0.25, 0.3) is 0 Å². The van der Waals surface area contributed by atoms with Gasteiger partial charge in [-0.3, -0.25) is 4.90 Å². The van der Waals surface area contributed by atoms with E-state index in [1.54, 1.807) is 6.08 Å². The molecule has 1 saturated heterocycles. The summed E-state index contributed by atoms with van der Waals surface area (Å²) in [7, 11) is 0. The molecule has 0 radical (unpaired) electrons. The maximum Gasteiger partial charge on any atom is 0.331 e. The first-order valence-corrected chi connectivity index (χ1v) is 8.25. The van der Waals surface area contributed by atoms with Crippen molar-refractivity contribution in [2.75, 3.05) is 13.1 Å². The molecule has 3 nitrogen and oxygen atoms in total. The molecule has 0 saturated carbocycles. The number of hydrogen-bond acceptors (Lipinski definition) is 3. The topological polar surface area (TPSA) is 29.5 Å². The molecule has 2 atom stereocenters. The van der Waals surface area contributed by atoms with Crippen LogP contribution in [-0.4, -0.2) is 36.1 Å². The van der Waals surface area contributed by atoms with Gasteiger partial charge in [0.05, 0.1) is 6.04 Å². The van der Waals surface area contributed by atoms with Crippen LogP contribution >= 0.6 is 0 Å². The van der Waals surface area contributed by atoms with E-state index in [0.29, 0.717) is 6.04 Å². The highest BCUT2D eigenvalue weighted by atomic mass is 16.5. The van der Waals surface area contributed by atoms with Gasteiger partial charge in [0.15, 0.2) is 0 Å². The molecule has 4 rings (SSSR count). The highest BCUT2D eigenvalue weighted by molar-refractivity contribution is 5.88. The minimum atomic E-state index is -0.232. The number of benzene rings is 1. The molecule has 1 aromatic rings. The molecule has 116 valence electrons. The summed E-state index contributed by atoms with van der Waals surface area (Å²) in [6, 6.07) is 10.2. The number of piperidine rings is 1. The number of hydrogen-bond donors (Lipinski definition) is 0. The number of carbonyl (C=O) groups is 1. The van der Waals surface area contributed by atoms with Gasteiger partial charge in [0.25, 0.3) is 0 Å². The Labute approximate surface area is 136 Å². The van der Waals surface area contributed by atoms with Gasteiger partial charge in [-0.2, -0.15) is 0 Å². The van der Waals surface area contributed by atoms with E-state index in [-0.39, 0.29) is 12.1 Å². The Morgan fingerprint density at radius 2 is 2.00 bits per heavy atom. The van der Waals surface area contributed by atoms with Crippen LogP contribution in [0.5, 0.6) is 0 Å². The molecule has 3 aliphatic heterocycles. The second-order valence-electron chi connectivity index (χ2n) is 6.25. The highest BCUT2D eigenvalue weighted by Crippen LogP contribution is 2.34. The zero-order valence-corrected chi connectivity index (χ0v) is 13.0. The summed E-state index contributed by atoms with van der Waals surface area (Å²) in [5.74, 6) is 6.24. The van der Waals surface area contributed by atoms with Crippen LogP contribution in [0.1, 0.15) is 24.8 Å². The Kier molecular flexibility index (Phi) is 3.77. The zero-order valence-electron chi connectivity index (χ0n) is 13.0. The van der Waals surface area contributed by atoms with Crippen LogP contribution in [-0.2, 0) is 9.53 Å². The maximum absolute atomic E-state index is 11.8. The van der Waals surface area contributed by atoms with Gasteiger partial charge in [0, 0.05) is 29.3 Å². The molecule has 0 spiro atoms. The molecule has 0 amide bonds. The van der Waals surface area contributed by atoms with E-state index in [0.717, 1.165) is 36.2 Å². The van der Waals surface area contributed by atoms with Crippen molar-refractivity contribution >= 4 is 5.97 Å². The van der Waals surface area contributed by atoms with Crippen LogP contribution in [0.15, 0.2) is 53.6 Å². The van der Waals surface area contributed by atoms with E-state index in [4.69, 9.17) is 4.74 Å². The summed E-state index contributed by atoms with van der Waals surface area (Å²) in [6.07, 6.45) is 7.14. The quantitative estimate of drug-likeness (QED) is 0.545. The van der Waals surface area contributed by atoms with Crippen LogP contribution in [0.2, 0.25) is 0 Å². The Hall–Kier alpha value is -2.31.